The summed E-state index contributed by atoms with van der Waals surface area (Å²) in [6.07, 6.45) is 3.53. The molecular weight excluding hydrogens is 432 g/mol. The molecule has 3 aromatic rings. The van der Waals surface area contributed by atoms with Crippen LogP contribution in [0.25, 0.3) is 11.4 Å². The average Bonchev–Trinajstić information content (AvgIpc) is 3.13. The Hall–Kier alpha value is -2.64. The van der Waals surface area contributed by atoms with Crippen molar-refractivity contribution in [2.24, 2.45) is 7.05 Å². The fourth-order valence-electron chi connectivity index (χ4n) is 3.00. The molecule has 1 aromatic heterocycles. The van der Waals surface area contributed by atoms with Crippen molar-refractivity contribution < 1.29 is 9.59 Å². The molecule has 1 N–H and O–H groups in total. The Morgan fingerprint density at radius 2 is 1.74 bits per heavy atom. The molecule has 8 heteroatoms. The minimum absolute atomic E-state index is 0.00172. The van der Waals surface area contributed by atoms with Gasteiger partial charge in [0.2, 0.25) is 5.91 Å². The molecular formula is C23H25ClN4O2S. The highest BCUT2D eigenvalue weighted by atomic mass is 35.5. The highest BCUT2D eigenvalue weighted by Gasteiger charge is 2.14. The zero-order valence-electron chi connectivity index (χ0n) is 17.6. The van der Waals surface area contributed by atoms with Gasteiger partial charge in [0.15, 0.2) is 16.8 Å². The number of aromatic nitrogens is 3. The summed E-state index contributed by atoms with van der Waals surface area (Å²) in [6, 6.07) is 14.4. The number of amides is 1. The number of anilines is 1. The topological polar surface area (TPSA) is 76.9 Å². The predicted octanol–water partition coefficient (Wildman–Crippen LogP) is 5.63. The van der Waals surface area contributed by atoms with E-state index in [1.807, 2.05) is 23.7 Å². The second-order valence-electron chi connectivity index (χ2n) is 7.17. The Morgan fingerprint density at radius 3 is 2.42 bits per heavy atom. The molecule has 0 radical (unpaired) electrons. The molecule has 1 amide bonds. The minimum Gasteiger partial charge on any atom is -0.326 e. The van der Waals surface area contributed by atoms with Gasteiger partial charge in [-0.15, -0.1) is 10.2 Å². The van der Waals surface area contributed by atoms with Crippen molar-refractivity contribution in [3.63, 3.8) is 0 Å². The third kappa shape index (κ3) is 6.42. The van der Waals surface area contributed by atoms with E-state index in [2.05, 4.69) is 22.4 Å². The Bertz CT molecular complexity index is 1030. The number of carbonyl (C=O) groups is 2. The fourth-order valence-corrected chi connectivity index (χ4v) is 3.93. The maximum atomic E-state index is 12.6. The number of thioether (sulfide) groups is 1. The third-order valence-electron chi connectivity index (χ3n) is 4.77. The Labute approximate surface area is 191 Å². The summed E-state index contributed by atoms with van der Waals surface area (Å²) < 4.78 is 1.86. The first-order valence-corrected chi connectivity index (χ1v) is 11.6. The molecule has 3 rings (SSSR count). The van der Waals surface area contributed by atoms with Gasteiger partial charge in [-0.2, -0.15) is 0 Å². The first-order chi connectivity index (χ1) is 15.0. The van der Waals surface area contributed by atoms with E-state index in [0.29, 0.717) is 33.7 Å². The quantitative estimate of drug-likeness (QED) is 0.243. The number of unbranched alkanes of at least 4 members (excludes halogenated alkanes) is 2. The molecule has 0 unspecified atom stereocenters. The summed E-state index contributed by atoms with van der Waals surface area (Å²) in [5, 5.41) is 12.6. The number of benzene rings is 2. The zero-order chi connectivity index (χ0) is 22.2. The van der Waals surface area contributed by atoms with Gasteiger partial charge in [0.25, 0.3) is 0 Å². The standard InChI is InChI=1S/C23H25ClN4O2S/c1-3-4-5-6-21(30)25-19-13-9-16(10-14-19)20(29)15-31-23-27-26-22(28(23)2)17-7-11-18(24)12-8-17/h7-14H,3-6,15H2,1-2H3,(H,25,30). The van der Waals surface area contributed by atoms with Gasteiger partial charge in [0, 0.05) is 35.3 Å². The lowest BCUT2D eigenvalue weighted by Crippen LogP contribution is -2.11. The summed E-state index contributed by atoms with van der Waals surface area (Å²) in [4.78, 5) is 24.5. The monoisotopic (exact) mass is 456 g/mol. The maximum Gasteiger partial charge on any atom is 0.224 e. The van der Waals surface area contributed by atoms with Crippen LogP contribution in [0.3, 0.4) is 0 Å². The van der Waals surface area contributed by atoms with Crippen LogP contribution in [0.1, 0.15) is 43.0 Å². The van der Waals surface area contributed by atoms with Crippen LogP contribution in [-0.4, -0.2) is 32.2 Å². The van der Waals surface area contributed by atoms with Crippen molar-refractivity contribution >= 4 is 40.7 Å². The van der Waals surface area contributed by atoms with E-state index < -0.39 is 0 Å². The summed E-state index contributed by atoms with van der Waals surface area (Å²) in [7, 11) is 1.87. The molecule has 0 aliphatic heterocycles. The van der Waals surface area contributed by atoms with Gasteiger partial charge < -0.3 is 9.88 Å². The summed E-state index contributed by atoms with van der Waals surface area (Å²) in [6.45, 7) is 2.11. The Balaban J connectivity index is 1.55. The van der Waals surface area contributed by atoms with Crippen LogP contribution in [0.2, 0.25) is 5.02 Å². The van der Waals surface area contributed by atoms with Gasteiger partial charge in [-0.05, 0) is 55.0 Å². The van der Waals surface area contributed by atoms with Crippen molar-refractivity contribution in [2.45, 2.75) is 37.8 Å². The lowest BCUT2D eigenvalue weighted by molar-refractivity contribution is -0.116. The van der Waals surface area contributed by atoms with Gasteiger partial charge in [-0.3, -0.25) is 9.59 Å². The van der Waals surface area contributed by atoms with Gasteiger partial charge in [0.1, 0.15) is 0 Å². The van der Waals surface area contributed by atoms with Gasteiger partial charge in [-0.25, -0.2) is 0 Å². The molecule has 0 aliphatic rings. The first-order valence-electron chi connectivity index (χ1n) is 10.2. The molecule has 6 nitrogen and oxygen atoms in total. The number of ketones is 1. The molecule has 0 atom stereocenters. The van der Waals surface area contributed by atoms with Crippen LogP contribution in [0.15, 0.2) is 53.7 Å². The van der Waals surface area contributed by atoms with Gasteiger partial charge in [0.05, 0.1) is 5.75 Å². The number of Topliss-reactive ketones (excluding diaryl/α,β-unsaturated/α-hetero) is 1. The van der Waals surface area contributed by atoms with E-state index in [4.69, 9.17) is 11.6 Å². The minimum atomic E-state index is -0.0122. The lowest BCUT2D eigenvalue weighted by Gasteiger charge is -2.07. The molecule has 162 valence electrons. The van der Waals surface area contributed by atoms with Crippen LogP contribution in [0.5, 0.6) is 0 Å². The van der Waals surface area contributed by atoms with E-state index >= 15 is 0 Å². The van der Waals surface area contributed by atoms with Crippen molar-refractivity contribution in [3.05, 3.63) is 59.1 Å². The SMILES string of the molecule is CCCCCC(=O)Nc1ccc(C(=O)CSc2nnc(-c3ccc(Cl)cc3)n2C)cc1. The van der Waals surface area contributed by atoms with Crippen LogP contribution in [0, 0.1) is 0 Å². The Kier molecular flexibility index (Phi) is 8.26. The van der Waals surface area contributed by atoms with E-state index in [1.165, 1.54) is 11.8 Å². The van der Waals surface area contributed by atoms with Gasteiger partial charge >= 0.3 is 0 Å². The third-order valence-corrected chi connectivity index (χ3v) is 6.04. The average molecular weight is 457 g/mol. The zero-order valence-corrected chi connectivity index (χ0v) is 19.2. The molecule has 0 saturated heterocycles. The van der Waals surface area contributed by atoms with Crippen LogP contribution < -0.4 is 5.32 Å². The molecule has 0 bridgehead atoms. The largest absolute Gasteiger partial charge is 0.326 e. The molecule has 0 fully saturated rings. The highest BCUT2D eigenvalue weighted by Crippen LogP contribution is 2.24. The van der Waals surface area contributed by atoms with Crippen molar-refractivity contribution in [1.82, 2.24) is 14.8 Å². The van der Waals surface area contributed by atoms with Crippen LogP contribution >= 0.6 is 23.4 Å². The molecule has 31 heavy (non-hydrogen) atoms. The number of nitrogens with zero attached hydrogens (tertiary/aromatic N) is 3. The van der Waals surface area contributed by atoms with E-state index in [9.17, 15) is 9.59 Å². The molecule has 0 spiro atoms. The van der Waals surface area contributed by atoms with E-state index in [-0.39, 0.29) is 17.4 Å². The summed E-state index contributed by atoms with van der Waals surface area (Å²) in [5.41, 5.74) is 2.20. The molecule has 2 aromatic carbocycles. The van der Waals surface area contributed by atoms with Crippen molar-refractivity contribution in [3.8, 4) is 11.4 Å². The smallest absolute Gasteiger partial charge is 0.224 e. The Morgan fingerprint density at radius 1 is 1.03 bits per heavy atom. The van der Waals surface area contributed by atoms with E-state index in [1.54, 1.807) is 36.4 Å². The second-order valence-corrected chi connectivity index (χ2v) is 8.55. The number of nitrogens with one attached hydrogen (secondary N) is 1. The van der Waals surface area contributed by atoms with Crippen molar-refractivity contribution in [1.29, 1.82) is 0 Å². The lowest BCUT2D eigenvalue weighted by atomic mass is 10.1. The number of rotatable bonds is 10. The molecule has 0 aliphatic carbocycles. The number of carbonyl (C=O) groups excluding carboxylic acids is 2. The fraction of sp³-hybridized carbons (Fsp3) is 0.304. The van der Waals surface area contributed by atoms with Gasteiger partial charge in [-0.1, -0.05) is 43.1 Å². The molecule has 1 heterocycles. The first kappa shape index (κ1) is 23.0. The number of hydrogen-bond acceptors (Lipinski definition) is 5. The predicted molar refractivity (Wildman–Crippen MR) is 126 cm³/mol. The highest BCUT2D eigenvalue weighted by molar-refractivity contribution is 7.99. The van der Waals surface area contributed by atoms with E-state index in [0.717, 1.165) is 24.8 Å². The number of hydrogen-bond donors (Lipinski definition) is 1. The van der Waals surface area contributed by atoms with Crippen molar-refractivity contribution in [2.75, 3.05) is 11.1 Å². The maximum absolute atomic E-state index is 12.6. The normalized spacial score (nSPS) is 10.8. The van der Waals surface area contributed by atoms with Crippen LogP contribution in [-0.2, 0) is 11.8 Å². The summed E-state index contributed by atoms with van der Waals surface area (Å²) in [5.74, 6) is 0.948. The molecule has 0 saturated carbocycles. The second kappa shape index (κ2) is 11.1. The number of halogens is 1. The van der Waals surface area contributed by atoms with Crippen LogP contribution in [0.4, 0.5) is 5.69 Å². The summed E-state index contributed by atoms with van der Waals surface area (Å²) >= 11 is 7.28.